The molecule has 2 amide bonds. The quantitative estimate of drug-likeness (QED) is 0.537. The third kappa shape index (κ3) is 4.71. The number of hydrogen-bond donors (Lipinski definition) is 0. The van der Waals surface area contributed by atoms with Crippen molar-refractivity contribution < 1.29 is 23.9 Å². The molecule has 2 aromatic rings. The van der Waals surface area contributed by atoms with Crippen molar-refractivity contribution in [2.24, 2.45) is 5.92 Å². The summed E-state index contributed by atoms with van der Waals surface area (Å²) in [5, 5.41) is 0. The molecule has 7 heteroatoms. The Bertz CT molecular complexity index is 1180. The first-order valence-electron chi connectivity index (χ1n) is 12.2. The number of carbonyl (C=O) groups excluding carboxylic acids is 3. The second-order valence-corrected chi connectivity index (χ2v) is 11.1. The van der Waals surface area contributed by atoms with Gasteiger partial charge in [-0.3, -0.25) is 14.5 Å². The van der Waals surface area contributed by atoms with Gasteiger partial charge in [0.15, 0.2) is 0 Å². The van der Waals surface area contributed by atoms with Gasteiger partial charge in [0.05, 0.1) is 14.2 Å². The molecule has 36 heavy (non-hydrogen) atoms. The molecule has 0 aliphatic carbocycles. The number of nitrogens with zero attached hydrogens (tertiary/aromatic N) is 2. The number of carbonyl (C=O) groups is 3. The SMILES string of the molecule is COC(=O)C1(CC(C)C)Cc2c(C(=O)N(C)C)cccc2N1C(=O)c1ccc(C(C)(C)C)c(OC)c1. The van der Waals surface area contributed by atoms with Gasteiger partial charge >= 0.3 is 5.97 Å². The van der Waals surface area contributed by atoms with Gasteiger partial charge in [0.1, 0.15) is 11.3 Å². The van der Waals surface area contributed by atoms with E-state index in [1.807, 2.05) is 19.9 Å². The van der Waals surface area contributed by atoms with Gasteiger partial charge in [-0.1, -0.05) is 46.8 Å². The molecule has 0 fully saturated rings. The molecule has 1 heterocycles. The predicted molar refractivity (Wildman–Crippen MR) is 141 cm³/mol. The van der Waals surface area contributed by atoms with Crippen LogP contribution in [0, 0.1) is 5.92 Å². The van der Waals surface area contributed by atoms with E-state index in [2.05, 4.69) is 20.8 Å². The summed E-state index contributed by atoms with van der Waals surface area (Å²) in [6.45, 7) is 10.2. The molecule has 7 nitrogen and oxygen atoms in total. The fourth-order valence-corrected chi connectivity index (χ4v) is 5.17. The summed E-state index contributed by atoms with van der Waals surface area (Å²) in [7, 11) is 6.29. The molecule has 3 rings (SSSR count). The summed E-state index contributed by atoms with van der Waals surface area (Å²) in [5.41, 5.74) is 1.62. The number of rotatable bonds is 6. The number of hydrogen-bond acceptors (Lipinski definition) is 5. The van der Waals surface area contributed by atoms with Crippen LogP contribution in [0.1, 0.15) is 72.9 Å². The first kappa shape index (κ1) is 27.2. The molecular weight excluding hydrogens is 456 g/mol. The lowest BCUT2D eigenvalue weighted by atomic mass is 9.83. The molecule has 1 aliphatic rings. The molecule has 0 saturated heterocycles. The third-order valence-electron chi connectivity index (χ3n) is 6.70. The molecule has 0 saturated carbocycles. The molecular formula is C29H38N2O5. The van der Waals surface area contributed by atoms with Gasteiger partial charge in [0.25, 0.3) is 11.8 Å². The minimum atomic E-state index is -1.28. The molecule has 0 N–H and O–H groups in total. The molecule has 1 atom stereocenters. The lowest BCUT2D eigenvalue weighted by Gasteiger charge is -2.37. The summed E-state index contributed by atoms with van der Waals surface area (Å²) in [6.07, 6.45) is 0.582. The van der Waals surface area contributed by atoms with Gasteiger partial charge in [-0.15, -0.1) is 0 Å². The van der Waals surface area contributed by atoms with Crippen LogP contribution < -0.4 is 9.64 Å². The zero-order chi connectivity index (χ0) is 27.0. The van der Waals surface area contributed by atoms with E-state index in [4.69, 9.17) is 9.47 Å². The Kier molecular flexibility index (Phi) is 7.53. The van der Waals surface area contributed by atoms with Crippen molar-refractivity contribution in [2.45, 2.75) is 58.4 Å². The van der Waals surface area contributed by atoms with E-state index in [0.29, 0.717) is 34.5 Å². The molecule has 2 aromatic carbocycles. The van der Waals surface area contributed by atoms with Gasteiger partial charge in [-0.2, -0.15) is 0 Å². The van der Waals surface area contributed by atoms with E-state index >= 15 is 0 Å². The van der Waals surface area contributed by atoms with Crippen molar-refractivity contribution in [1.82, 2.24) is 4.90 Å². The Labute approximate surface area is 214 Å². The van der Waals surface area contributed by atoms with Crippen LogP contribution in [0.4, 0.5) is 5.69 Å². The van der Waals surface area contributed by atoms with Crippen molar-refractivity contribution in [3.05, 3.63) is 58.7 Å². The van der Waals surface area contributed by atoms with E-state index in [0.717, 1.165) is 5.56 Å². The first-order chi connectivity index (χ1) is 16.8. The minimum absolute atomic E-state index is 0.0829. The van der Waals surface area contributed by atoms with E-state index in [9.17, 15) is 14.4 Å². The van der Waals surface area contributed by atoms with Crippen LogP contribution >= 0.6 is 0 Å². The molecule has 194 valence electrons. The van der Waals surface area contributed by atoms with Crippen molar-refractivity contribution in [3.8, 4) is 5.75 Å². The van der Waals surface area contributed by atoms with E-state index < -0.39 is 11.5 Å². The fraction of sp³-hybridized carbons (Fsp3) is 0.483. The van der Waals surface area contributed by atoms with Crippen molar-refractivity contribution in [3.63, 3.8) is 0 Å². The van der Waals surface area contributed by atoms with Crippen LogP contribution in [0.25, 0.3) is 0 Å². The number of anilines is 1. The van der Waals surface area contributed by atoms with Crippen molar-refractivity contribution in [1.29, 1.82) is 0 Å². The standard InChI is InChI=1S/C29H38N2O5/c1-18(2)16-29(27(34)36-9)17-21-20(26(33)30(6)7)11-10-12-23(21)31(29)25(32)19-13-14-22(28(3,4)5)24(15-19)35-8/h10-15,18H,16-17H2,1-9H3. The normalized spacial score (nSPS) is 17.1. The number of benzene rings is 2. The average Bonchev–Trinajstić information content (AvgIpc) is 3.15. The van der Waals surface area contributed by atoms with Crippen LogP contribution in [0.3, 0.4) is 0 Å². The van der Waals surface area contributed by atoms with Crippen molar-refractivity contribution >= 4 is 23.5 Å². The van der Waals surface area contributed by atoms with Crippen LogP contribution in [0.15, 0.2) is 36.4 Å². The van der Waals surface area contributed by atoms with Crippen LogP contribution in [-0.2, 0) is 21.4 Å². The van der Waals surface area contributed by atoms with E-state index in [-0.39, 0.29) is 29.6 Å². The Hall–Kier alpha value is -3.35. The molecule has 0 bridgehead atoms. The highest BCUT2D eigenvalue weighted by Gasteiger charge is 2.54. The summed E-state index contributed by atoms with van der Waals surface area (Å²) in [5.74, 6) is -0.327. The number of ether oxygens (including phenoxy) is 2. The van der Waals surface area contributed by atoms with Crippen LogP contribution in [-0.4, -0.2) is 56.5 Å². The maximum Gasteiger partial charge on any atom is 0.332 e. The van der Waals surface area contributed by atoms with Crippen molar-refractivity contribution in [2.75, 3.05) is 33.2 Å². The number of methoxy groups -OCH3 is 2. The summed E-state index contributed by atoms with van der Waals surface area (Å²) >= 11 is 0. The fourth-order valence-electron chi connectivity index (χ4n) is 5.17. The molecule has 1 unspecified atom stereocenters. The van der Waals surface area contributed by atoms with Gasteiger partial charge in [-0.25, -0.2) is 4.79 Å². The molecule has 0 aromatic heterocycles. The zero-order valence-electron chi connectivity index (χ0n) is 22.9. The maximum absolute atomic E-state index is 14.2. The van der Waals surface area contributed by atoms with Crippen LogP contribution in [0.5, 0.6) is 5.75 Å². The van der Waals surface area contributed by atoms with Gasteiger partial charge in [-0.05, 0) is 53.1 Å². The minimum Gasteiger partial charge on any atom is -0.496 e. The Morgan fingerprint density at radius 1 is 1.08 bits per heavy atom. The molecule has 0 radical (unpaired) electrons. The highest BCUT2D eigenvalue weighted by Crippen LogP contribution is 2.46. The van der Waals surface area contributed by atoms with Gasteiger partial charge in [0, 0.05) is 37.3 Å². The summed E-state index contributed by atoms with van der Waals surface area (Å²) in [6, 6.07) is 10.7. The zero-order valence-corrected chi connectivity index (χ0v) is 22.9. The predicted octanol–water partition coefficient (Wildman–Crippen LogP) is 4.86. The van der Waals surface area contributed by atoms with Gasteiger partial charge in [0.2, 0.25) is 0 Å². The summed E-state index contributed by atoms with van der Waals surface area (Å²) in [4.78, 5) is 43.8. The second kappa shape index (κ2) is 9.96. The number of amides is 2. The largest absolute Gasteiger partial charge is 0.496 e. The number of fused-ring (bicyclic) bond motifs is 1. The summed E-state index contributed by atoms with van der Waals surface area (Å²) < 4.78 is 10.9. The monoisotopic (exact) mass is 494 g/mol. The van der Waals surface area contributed by atoms with E-state index in [1.165, 1.54) is 12.0 Å². The van der Waals surface area contributed by atoms with Crippen LogP contribution in [0.2, 0.25) is 0 Å². The lowest BCUT2D eigenvalue weighted by Crippen LogP contribution is -2.57. The topological polar surface area (TPSA) is 76.2 Å². The highest BCUT2D eigenvalue weighted by molar-refractivity contribution is 6.14. The molecule has 1 aliphatic heterocycles. The number of esters is 1. The Morgan fingerprint density at radius 2 is 1.75 bits per heavy atom. The third-order valence-corrected chi connectivity index (χ3v) is 6.70. The maximum atomic E-state index is 14.2. The highest BCUT2D eigenvalue weighted by atomic mass is 16.5. The van der Waals surface area contributed by atoms with Gasteiger partial charge < -0.3 is 14.4 Å². The smallest absolute Gasteiger partial charge is 0.332 e. The van der Waals surface area contributed by atoms with E-state index in [1.54, 1.807) is 56.4 Å². The molecule has 0 spiro atoms. The Balaban J connectivity index is 2.27. The lowest BCUT2D eigenvalue weighted by molar-refractivity contribution is -0.147. The second-order valence-electron chi connectivity index (χ2n) is 11.1. The average molecular weight is 495 g/mol. The first-order valence-corrected chi connectivity index (χ1v) is 12.2. The Morgan fingerprint density at radius 3 is 2.28 bits per heavy atom.